The van der Waals surface area contributed by atoms with Gasteiger partial charge in [0, 0.05) is 5.56 Å². The molecule has 0 atom stereocenters. The summed E-state index contributed by atoms with van der Waals surface area (Å²) in [4.78, 5) is 13.0. The fraction of sp³-hybridized carbons (Fsp3) is 0.286. The van der Waals surface area contributed by atoms with E-state index in [9.17, 15) is 15.0 Å². The molecule has 0 bridgehead atoms. The minimum atomic E-state index is -0.901. The summed E-state index contributed by atoms with van der Waals surface area (Å²) in [7, 11) is 8.25. The van der Waals surface area contributed by atoms with Gasteiger partial charge in [0.1, 0.15) is 5.39 Å². The van der Waals surface area contributed by atoms with Crippen LogP contribution < -0.4 is 33.8 Å². The molecule has 0 fully saturated rings. The van der Waals surface area contributed by atoms with Gasteiger partial charge in [0.05, 0.1) is 42.7 Å². The van der Waals surface area contributed by atoms with Crippen LogP contribution in [0.3, 0.4) is 0 Å². The molecule has 1 aromatic heterocycles. The first kappa shape index (κ1) is 21.8. The van der Waals surface area contributed by atoms with Crippen LogP contribution in [0.1, 0.15) is 0 Å². The first-order valence-corrected chi connectivity index (χ1v) is 8.89. The fourth-order valence-corrected chi connectivity index (χ4v) is 3.30. The second-order valence-electron chi connectivity index (χ2n) is 6.18. The SMILES string of the molecule is COc1cc(-c2oc3c(OC)c(OC)c(OC)c(O)c3c(=O)c2O)cc(OC)c1OC. The van der Waals surface area contributed by atoms with Crippen LogP contribution in [0.15, 0.2) is 21.3 Å². The van der Waals surface area contributed by atoms with Gasteiger partial charge in [-0.05, 0) is 12.1 Å². The highest BCUT2D eigenvalue weighted by molar-refractivity contribution is 5.96. The number of hydrogen-bond acceptors (Lipinski definition) is 10. The number of methoxy groups -OCH3 is 6. The van der Waals surface area contributed by atoms with Crippen molar-refractivity contribution in [3.8, 4) is 57.3 Å². The lowest BCUT2D eigenvalue weighted by Gasteiger charge is -2.17. The summed E-state index contributed by atoms with van der Waals surface area (Å²) in [5, 5.41) is 20.9. The molecule has 2 aromatic carbocycles. The Labute approximate surface area is 177 Å². The second kappa shape index (κ2) is 8.42. The van der Waals surface area contributed by atoms with E-state index in [2.05, 4.69) is 0 Å². The smallest absolute Gasteiger partial charge is 0.239 e. The predicted octanol–water partition coefficient (Wildman–Crippen LogP) is 2.92. The zero-order valence-corrected chi connectivity index (χ0v) is 17.8. The molecule has 0 saturated carbocycles. The van der Waals surface area contributed by atoms with Crippen molar-refractivity contribution in [3.63, 3.8) is 0 Å². The normalized spacial score (nSPS) is 10.6. The molecule has 0 aliphatic rings. The summed E-state index contributed by atoms with van der Waals surface area (Å²) in [5.41, 5.74) is -0.798. The molecule has 3 aromatic rings. The zero-order chi connectivity index (χ0) is 22.9. The van der Waals surface area contributed by atoms with Crippen LogP contribution in [0, 0.1) is 0 Å². The number of hydrogen-bond donors (Lipinski definition) is 2. The molecule has 1 heterocycles. The van der Waals surface area contributed by atoms with Crippen LogP contribution in [0.4, 0.5) is 0 Å². The first-order valence-electron chi connectivity index (χ1n) is 8.89. The zero-order valence-electron chi connectivity index (χ0n) is 17.8. The highest BCUT2D eigenvalue weighted by Gasteiger charge is 2.29. The molecule has 0 spiro atoms. The lowest BCUT2D eigenvalue weighted by atomic mass is 10.1. The van der Waals surface area contributed by atoms with Gasteiger partial charge in [0.25, 0.3) is 0 Å². The molecule has 0 unspecified atom stereocenters. The van der Waals surface area contributed by atoms with E-state index in [0.717, 1.165) is 0 Å². The van der Waals surface area contributed by atoms with E-state index in [0.29, 0.717) is 5.75 Å². The molecule has 0 amide bonds. The van der Waals surface area contributed by atoms with Crippen molar-refractivity contribution in [2.24, 2.45) is 0 Å². The number of aromatic hydroxyl groups is 2. The van der Waals surface area contributed by atoms with E-state index in [4.69, 9.17) is 32.8 Å². The summed E-state index contributed by atoms with van der Waals surface area (Å²) in [6.45, 7) is 0. The van der Waals surface area contributed by atoms with Gasteiger partial charge in [-0.25, -0.2) is 0 Å². The molecule has 166 valence electrons. The van der Waals surface area contributed by atoms with Crippen molar-refractivity contribution in [1.29, 1.82) is 0 Å². The highest BCUT2D eigenvalue weighted by Crippen LogP contribution is 2.51. The minimum absolute atomic E-state index is 0.00191. The molecule has 0 saturated heterocycles. The van der Waals surface area contributed by atoms with Crippen LogP contribution >= 0.6 is 0 Å². The number of fused-ring (bicyclic) bond motifs is 1. The molecule has 10 nitrogen and oxygen atoms in total. The molecule has 0 radical (unpaired) electrons. The Balaban J connectivity index is 2.47. The number of phenols is 1. The van der Waals surface area contributed by atoms with Gasteiger partial charge in [0.2, 0.25) is 34.2 Å². The van der Waals surface area contributed by atoms with Gasteiger partial charge in [0.15, 0.2) is 28.6 Å². The van der Waals surface area contributed by atoms with Gasteiger partial charge in [-0.15, -0.1) is 0 Å². The lowest BCUT2D eigenvalue weighted by Crippen LogP contribution is -2.06. The molecule has 10 heteroatoms. The van der Waals surface area contributed by atoms with Crippen LogP contribution in [-0.2, 0) is 0 Å². The highest BCUT2D eigenvalue weighted by atomic mass is 16.5. The topological polar surface area (TPSA) is 126 Å². The Morgan fingerprint density at radius 2 is 1.19 bits per heavy atom. The van der Waals surface area contributed by atoms with E-state index < -0.39 is 16.9 Å². The molecule has 0 aliphatic heterocycles. The van der Waals surface area contributed by atoms with E-state index in [1.807, 2.05) is 0 Å². The number of rotatable bonds is 7. The molecular weight excluding hydrogens is 412 g/mol. The molecule has 2 N–H and O–H groups in total. The van der Waals surface area contributed by atoms with E-state index in [1.165, 1.54) is 54.8 Å². The summed E-state index contributed by atoms with van der Waals surface area (Å²) in [5.74, 6) is -0.763. The Hall–Kier alpha value is -3.95. The van der Waals surface area contributed by atoms with E-state index >= 15 is 0 Å². The number of ether oxygens (including phenoxy) is 6. The van der Waals surface area contributed by atoms with Gasteiger partial charge >= 0.3 is 0 Å². The third-order valence-electron chi connectivity index (χ3n) is 4.70. The average Bonchev–Trinajstić information content (AvgIpc) is 2.79. The number of phenolic OH excluding ortho intramolecular Hbond substituents is 1. The third kappa shape index (κ3) is 3.25. The summed E-state index contributed by atoms with van der Waals surface area (Å²) < 4.78 is 37.6. The van der Waals surface area contributed by atoms with Crippen molar-refractivity contribution in [1.82, 2.24) is 0 Å². The van der Waals surface area contributed by atoms with Crippen molar-refractivity contribution < 1.29 is 43.1 Å². The largest absolute Gasteiger partial charge is 0.504 e. The second-order valence-corrected chi connectivity index (χ2v) is 6.18. The van der Waals surface area contributed by atoms with Crippen LogP contribution in [-0.4, -0.2) is 52.9 Å². The van der Waals surface area contributed by atoms with Gasteiger partial charge in [-0.2, -0.15) is 0 Å². The maximum Gasteiger partial charge on any atom is 0.239 e. The average molecular weight is 434 g/mol. The van der Waals surface area contributed by atoms with Crippen molar-refractivity contribution in [2.45, 2.75) is 0 Å². The van der Waals surface area contributed by atoms with E-state index in [-0.39, 0.29) is 51.0 Å². The van der Waals surface area contributed by atoms with Crippen LogP contribution in [0.5, 0.6) is 46.0 Å². The summed E-state index contributed by atoms with van der Waals surface area (Å²) in [6, 6.07) is 3.00. The molecule has 31 heavy (non-hydrogen) atoms. The summed E-state index contributed by atoms with van der Waals surface area (Å²) in [6.07, 6.45) is 0. The minimum Gasteiger partial charge on any atom is -0.504 e. The Bertz CT molecular complexity index is 1170. The number of benzene rings is 2. The summed E-state index contributed by atoms with van der Waals surface area (Å²) >= 11 is 0. The van der Waals surface area contributed by atoms with Gasteiger partial charge in [-0.3, -0.25) is 4.79 Å². The van der Waals surface area contributed by atoms with Crippen molar-refractivity contribution in [2.75, 3.05) is 42.7 Å². The lowest BCUT2D eigenvalue weighted by molar-refractivity contribution is 0.311. The monoisotopic (exact) mass is 434 g/mol. The van der Waals surface area contributed by atoms with Crippen molar-refractivity contribution in [3.05, 3.63) is 22.4 Å². The maximum atomic E-state index is 13.0. The first-order chi connectivity index (χ1) is 14.9. The third-order valence-corrected chi connectivity index (χ3v) is 4.70. The molecular formula is C21H22O10. The quantitative estimate of drug-likeness (QED) is 0.573. The maximum absolute atomic E-state index is 13.0. The Kier molecular flexibility index (Phi) is 5.91. The Morgan fingerprint density at radius 3 is 1.65 bits per heavy atom. The molecule has 3 rings (SSSR count). The molecule has 0 aliphatic carbocycles. The van der Waals surface area contributed by atoms with Gasteiger partial charge < -0.3 is 43.1 Å². The van der Waals surface area contributed by atoms with E-state index in [1.54, 1.807) is 0 Å². The fourth-order valence-electron chi connectivity index (χ4n) is 3.30. The van der Waals surface area contributed by atoms with Gasteiger partial charge in [-0.1, -0.05) is 0 Å². The predicted molar refractivity (Wildman–Crippen MR) is 111 cm³/mol. The van der Waals surface area contributed by atoms with Crippen LogP contribution in [0.2, 0.25) is 0 Å². The van der Waals surface area contributed by atoms with Crippen LogP contribution in [0.25, 0.3) is 22.3 Å². The Morgan fingerprint density at radius 1 is 0.677 bits per heavy atom. The van der Waals surface area contributed by atoms with Crippen molar-refractivity contribution >= 4 is 11.0 Å². The standard InChI is InChI=1S/C21H22O10/c1-25-10-7-9(8-11(26-2)17(10)27-3)16-15(24)13(22)12-14(23)19(28-4)21(30-6)20(29-5)18(12)31-16/h7-8,23-24H,1-6H3.